The molecule has 0 saturated carbocycles. The standard InChI is InChI=1S/C18H27N3O3/c1-13(22)19-11-16(23)20-12-17(24)21-15(10-18(2,3)4)14-8-6-5-7-9-14/h5-9,15H,10-12H2,1-4H3,(H,19,22)(H,20,23)(H,21,24)/t15-/m1/s1. The number of rotatable bonds is 7. The molecule has 0 fully saturated rings. The highest BCUT2D eigenvalue weighted by molar-refractivity contribution is 5.87. The molecule has 132 valence electrons. The average Bonchev–Trinajstić information content (AvgIpc) is 2.50. The van der Waals surface area contributed by atoms with Crippen molar-refractivity contribution in [2.24, 2.45) is 5.41 Å². The molecule has 24 heavy (non-hydrogen) atoms. The Bertz CT molecular complexity index is 565. The van der Waals surface area contributed by atoms with Crippen LogP contribution in [0.25, 0.3) is 0 Å². The third-order valence-electron chi connectivity index (χ3n) is 3.30. The Hall–Kier alpha value is -2.37. The maximum Gasteiger partial charge on any atom is 0.239 e. The van der Waals surface area contributed by atoms with Crippen molar-refractivity contribution >= 4 is 17.7 Å². The Morgan fingerprint density at radius 2 is 1.54 bits per heavy atom. The molecule has 6 heteroatoms. The molecule has 0 bridgehead atoms. The number of carbonyl (C=O) groups is 3. The fourth-order valence-corrected chi connectivity index (χ4v) is 2.24. The minimum atomic E-state index is -0.396. The maximum atomic E-state index is 12.1. The largest absolute Gasteiger partial charge is 0.348 e. The van der Waals surface area contributed by atoms with Crippen molar-refractivity contribution in [1.82, 2.24) is 16.0 Å². The van der Waals surface area contributed by atoms with Crippen LogP contribution < -0.4 is 16.0 Å². The molecule has 0 aliphatic carbocycles. The smallest absolute Gasteiger partial charge is 0.239 e. The van der Waals surface area contributed by atoms with E-state index >= 15 is 0 Å². The van der Waals surface area contributed by atoms with Crippen LogP contribution in [0.3, 0.4) is 0 Å². The van der Waals surface area contributed by atoms with Crippen LogP contribution in [0.15, 0.2) is 30.3 Å². The molecule has 3 N–H and O–H groups in total. The van der Waals surface area contributed by atoms with Gasteiger partial charge in [-0.2, -0.15) is 0 Å². The average molecular weight is 333 g/mol. The lowest BCUT2D eigenvalue weighted by Crippen LogP contribution is -2.42. The van der Waals surface area contributed by atoms with Gasteiger partial charge in [0, 0.05) is 6.92 Å². The third kappa shape index (κ3) is 8.31. The molecule has 0 aliphatic heterocycles. The molecule has 0 spiro atoms. The van der Waals surface area contributed by atoms with E-state index in [1.54, 1.807) is 0 Å². The van der Waals surface area contributed by atoms with E-state index in [4.69, 9.17) is 0 Å². The Labute approximate surface area is 143 Å². The summed E-state index contributed by atoms with van der Waals surface area (Å²) < 4.78 is 0. The lowest BCUT2D eigenvalue weighted by atomic mass is 9.85. The van der Waals surface area contributed by atoms with Crippen LogP contribution in [0.2, 0.25) is 0 Å². The summed E-state index contributed by atoms with van der Waals surface area (Å²) in [5.41, 5.74) is 1.08. The molecule has 0 aromatic heterocycles. The Morgan fingerprint density at radius 3 is 2.08 bits per heavy atom. The fourth-order valence-electron chi connectivity index (χ4n) is 2.24. The summed E-state index contributed by atoms with van der Waals surface area (Å²) in [6.07, 6.45) is 0.780. The van der Waals surface area contributed by atoms with E-state index in [0.29, 0.717) is 0 Å². The van der Waals surface area contributed by atoms with Gasteiger partial charge in [-0.25, -0.2) is 0 Å². The van der Waals surface area contributed by atoms with Crippen molar-refractivity contribution < 1.29 is 14.4 Å². The zero-order valence-electron chi connectivity index (χ0n) is 14.8. The predicted molar refractivity (Wildman–Crippen MR) is 93.1 cm³/mol. The number of hydrogen-bond donors (Lipinski definition) is 3. The van der Waals surface area contributed by atoms with Crippen LogP contribution in [0.5, 0.6) is 0 Å². The Balaban J connectivity index is 2.58. The van der Waals surface area contributed by atoms with Gasteiger partial charge in [-0.3, -0.25) is 14.4 Å². The van der Waals surface area contributed by atoms with Crippen LogP contribution in [0.1, 0.15) is 45.7 Å². The van der Waals surface area contributed by atoms with E-state index in [1.807, 2.05) is 30.3 Å². The molecular formula is C18H27N3O3. The maximum absolute atomic E-state index is 12.1. The fraction of sp³-hybridized carbons (Fsp3) is 0.500. The first-order valence-corrected chi connectivity index (χ1v) is 8.03. The molecule has 6 nitrogen and oxygen atoms in total. The summed E-state index contributed by atoms with van der Waals surface area (Å²) in [6.45, 7) is 7.43. The van der Waals surface area contributed by atoms with E-state index < -0.39 is 5.91 Å². The molecular weight excluding hydrogens is 306 g/mol. The predicted octanol–water partition coefficient (Wildman–Crippen LogP) is 1.53. The van der Waals surface area contributed by atoms with Crippen molar-refractivity contribution in [2.45, 2.75) is 40.2 Å². The van der Waals surface area contributed by atoms with E-state index in [-0.39, 0.29) is 36.4 Å². The molecule has 3 amide bonds. The summed E-state index contributed by atoms with van der Waals surface area (Å²) >= 11 is 0. The topological polar surface area (TPSA) is 87.3 Å². The lowest BCUT2D eigenvalue weighted by Gasteiger charge is -2.27. The van der Waals surface area contributed by atoms with Gasteiger partial charge in [0.15, 0.2) is 0 Å². The van der Waals surface area contributed by atoms with Crippen LogP contribution >= 0.6 is 0 Å². The first-order valence-electron chi connectivity index (χ1n) is 8.03. The zero-order chi connectivity index (χ0) is 18.2. The van der Waals surface area contributed by atoms with Gasteiger partial charge in [0.1, 0.15) is 0 Å². The summed E-state index contributed by atoms with van der Waals surface area (Å²) in [5, 5.41) is 7.84. The molecule has 0 aliphatic rings. The Kier molecular flexibility index (Phi) is 7.42. The number of carbonyl (C=O) groups excluding carboxylic acids is 3. The highest BCUT2D eigenvalue weighted by Crippen LogP contribution is 2.29. The van der Waals surface area contributed by atoms with Gasteiger partial charge in [-0.15, -0.1) is 0 Å². The van der Waals surface area contributed by atoms with Crippen molar-refractivity contribution in [3.63, 3.8) is 0 Å². The second kappa shape index (κ2) is 9.05. The van der Waals surface area contributed by atoms with Gasteiger partial charge in [0.05, 0.1) is 19.1 Å². The molecule has 0 unspecified atom stereocenters. The molecule has 0 saturated heterocycles. The molecule has 1 atom stereocenters. The van der Waals surface area contributed by atoms with Crippen LogP contribution in [0.4, 0.5) is 0 Å². The minimum Gasteiger partial charge on any atom is -0.348 e. The first kappa shape index (κ1) is 19.7. The molecule has 0 heterocycles. The number of amides is 3. The number of benzene rings is 1. The molecule has 1 aromatic carbocycles. The van der Waals surface area contributed by atoms with E-state index in [2.05, 4.69) is 36.7 Å². The molecule has 0 radical (unpaired) electrons. The number of hydrogen-bond acceptors (Lipinski definition) is 3. The van der Waals surface area contributed by atoms with Crippen LogP contribution in [0, 0.1) is 5.41 Å². The number of nitrogens with one attached hydrogen (secondary N) is 3. The van der Waals surface area contributed by atoms with Gasteiger partial charge < -0.3 is 16.0 Å². The Morgan fingerprint density at radius 1 is 0.958 bits per heavy atom. The van der Waals surface area contributed by atoms with Crippen molar-refractivity contribution in [3.05, 3.63) is 35.9 Å². The highest BCUT2D eigenvalue weighted by atomic mass is 16.2. The van der Waals surface area contributed by atoms with Gasteiger partial charge in [0.2, 0.25) is 17.7 Å². The van der Waals surface area contributed by atoms with Gasteiger partial charge in [-0.1, -0.05) is 51.1 Å². The van der Waals surface area contributed by atoms with Gasteiger partial charge >= 0.3 is 0 Å². The van der Waals surface area contributed by atoms with Gasteiger partial charge in [0.25, 0.3) is 0 Å². The second-order valence-electron chi connectivity index (χ2n) is 6.98. The van der Waals surface area contributed by atoms with Crippen LogP contribution in [-0.4, -0.2) is 30.8 Å². The van der Waals surface area contributed by atoms with E-state index in [0.717, 1.165) is 12.0 Å². The minimum absolute atomic E-state index is 0.0441. The lowest BCUT2D eigenvalue weighted by molar-refractivity contribution is -0.127. The zero-order valence-corrected chi connectivity index (χ0v) is 14.8. The summed E-state index contributed by atoms with van der Waals surface area (Å²) in [7, 11) is 0. The summed E-state index contributed by atoms with van der Waals surface area (Å²) in [6, 6.07) is 9.64. The first-order chi connectivity index (χ1) is 11.2. The monoisotopic (exact) mass is 333 g/mol. The van der Waals surface area contributed by atoms with E-state index in [9.17, 15) is 14.4 Å². The van der Waals surface area contributed by atoms with Crippen molar-refractivity contribution in [1.29, 1.82) is 0 Å². The SMILES string of the molecule is CC(=O)NCC(=O)NCC(=O)N[C@H](CC(C)(C)C)c1ccccc1. The van der Waals surface area contributed by atoms with Crippen molar-refractivity contribution in [3.8, 4) is 0 Å². The highest BCUT2D eigenvalue weighted by Gasteiger charge is 2.22. The quantitative estimate of drug-likeness (QED) is 0.707. The molecule has 1 rings (SSSR count). The third-order valence-corrected chi connectivity index (χ3v) is 3.30. The van der Waals surface area contributed by atoms with E-state index in [1.165, 1.54) is 6.92 Å². The summed E-state index contributed by atoms with van der Waals surface area (Å²) in [5.74, 6) is -0.944. The normalized spacial score (nSPS) is 12.2. The van der Waals surface area contributed by atoms with Crippen molar-refractivity contribution in [2.75, 3.05) is 13.1 Å². The summed E-state index contributed by atoms with van der Waals surface area (Å²) in [4.78, 5) is 34.4. The van der Waals surface area contributed by atoms with Crippen LogP contribution in [-0.2, 0) is 14.4 Å². The second-order valence-corrected chi connectivity index (χ2v) is 6.98. The van der Waals surface area contributed by atoms with Gasteiger partial charge in [-0.05, 0) is 17.4 Å². The molecule has 1 aromatic rings.